The third-order valence-corrected chi connectivity index (χ3v) is 5.46. The van der Waals surface area contributed by atoms with Crippen LogP contribution in [-0.2, 0) is 9.53 Å². The highest BCUT2D eigenvalue weighted by Crippen LogP contribution is 2.39. The molecule has 1 atom stereocenters. The number of aliphatic hydroxyl groups excluding tert-OH is 1. The highest BCUT2D eigenvalue weighted by molar-refractivity contribution is 6.15. The molecule has 1 amide bonds. The van der Waals surface area contributed by atoms with E-state index < -0.39 is 23.5 Å². The molecule has 8 heteroatoms. The van der Waals surface area contributed by atoms with Crippen LogP contribution >= 0.6 is 0 Å². The number of Topliss-reactive ketones (excluding diaryl/α,β-unsaturated/α-hetero) is 1. The molecule has 30 heavy (non-hydrogen) atoms. The van der Waals surface area contributed by atoms with Gasteiger partial charge in [-0.05, 0) is 29.8 Å². The van der Waals surface area contributed by atoms with Crippen molar-refractivity contribution in [3.63, 3.8) is 0 Å². The second-order valence-corrected chi connectivity index (χ2v) is 7.20. The van der Waals surface area contributed by atoms with Crippen LogP contribution in [0.4, 0.5) is 0 Å². The number of rotatable bonds is 7. The number of benzene rings is 1. The summed E-state index contributed by atoms with van der Waals surface area (Å²) in [6.45, 7) is 3.84. The molecule has 0 bridgehead atoms. The van der Waals surface area contributed by atoms with Crippen LogP contribution in [0, 0.1) is 0 Å². The number of hydrogen-bond donors (Lipinski definition) is 1. The third kappa shape index (κ3) is 3.83. The van der Waals surface area contributed by atoms with Gasteiger partial charge in [-0.15, -0.1) is 0 Å². The van der Waals surface area contributed by atoms with Crippen LogP contribution in [0.25, 0.3) is 0 Å². The Hall–Kier alpha value is -3.10. The number of hydrogen-bond acceptors (Lipinski definition) is 7. The van der Waals surface area contributed by atoms with E-state index in [4.69, 9.17) is 13.9 Å². The summed E-state index contributed by atoms with van der Waals surface area (Å²) in [5, 5.41) is 10.7. The third-order valence-electron chi connectivity index (χ3n) is 5.46. The molecule has 0 unspecified atom stereocenters. The number of ether oxygens (including phenoxy) is 2. The maximum atomic E-state index is 13.1. The molecule has 0 radical (unpaired) electrons. The predicted molar refractivity (Wildman–Crippen MR) is 107 cm³/mol. The number of ketones is 1. The number of amides is 1. The van der Waals surface area contributed by atoms with E-state index in [9.17, 15) is 14.7 Å². The summed E-state index contributed by atoms with van der Waals surface area (Å²) >= 11 is 0. The first-order chi connectivity index (χ1) is 14.6. The lowest BCUT2D eigenvalue weighted by Crippen LogP contribution is -2.43. The number of aliphatic hydroxyl groups is 1. The number of methoxy groups -OCH3 is 1. The summed E-state index contributed by atoms with van der Waals surface area (Å²) in [5.74, 6) is -0.929. The van der Waals surface area contributed by atoms with E-state index in [1.165, 1.54) is 17.2 Å². The fraction of sp³-hybridized carbons (Fsp3) is 0.364. The van der Waals surface area contributed by atoms with Crippen molar-refractivity contribution in [3.8, 4) is 5.75 Å². The smallest absolute Gasteiger partial charge is 0.290 e. The van der Waals surface area contributed by atoms with Gasteiger partial charge in [-0.3, -0.25) is 14.5 Å². The number of nitrogens with zero attached hydrogens (tertiary/aromatic N) is 2. The molecule has 4 rings (SSSR count). The maximum Gasteiger partial charge on any atom is 0.290 e. The summed E-state index contributed by atoms with van der Waals surface area (Å²) < 4.78 is 15.9. The van der Waals surface area contributed by atoms with Crippen molar-refractivity contribution in [3.05, 3.63) is 65.3 Å². The zero-order chi connectivity index (χ0) is 21.1. The maximum absolute atomic E-state index is 13.1. The fourth-order valence-corrected chi connectivity index (χ4v) is 3.89. The van der Waals surface area contributed by atoms with Gasteiger partial charge in [0.25, 0.3) is 5.91 Å². The molecule has 1 N–H and O–H groups in total. The number of morpholine rings is 1. The molecule has 1 fully saturated rings. The number of carbonyl (C=O) groups is 2. The summed E-state index contributed by atoms with van der Waals surface area (Å²) in [6, 6.07) is 9.55. The van der Waals surface area contributed by atoms with Crippen LogP contribution in [0.2, 0.25) is 0 Å². The van der Waals surface area contributed by atoms with Crippen molar-refractivity contribution in [1.29, 1.82) is 0 Å². The molecular formula is C22H24N2O6. The van der Waals surface area contributed by atoms with Gasteiger partial charge < -0.3 is 23.9 Å². The molecular weight excluding hydrogens is 388 g/mol. The van der Waals surface area contributed by atoms with Crippen LogP contribution < -0.4 is 4.74 Å². The lowest BCUT2D eigenvalue weighted by Gasteiger charge is -2.31. The molecule has 3 heterocycles. The molecule has 1 saturated heterocycles. The quantitative estimate of drug-likeness (QED) is 0.697. The van der Waals surface area contributed by atoms with Crippen LogP contribution in [0.5, 0.6) is 5.75 Å². The van der Waals surface area contributed by atoms with Crippen molar-refractivity contribution in [2.24, 2.45) is 0 Å². The SMILES string of the molecule is COc1cccc([C@H]2C(C(=O)c3ccco3)=C(O)C(=O)N2CCN2CCOCC2)c1. The predicted octanol–water partition coefficient (Wildman–Crippen LogP) is 2.20. The van der Waals surface area contributed by atoms with Gasteiger partial charge in [0.1, 0.15) is 5.75 Å². The zero-order valence-corrected chi connectivity index (χ0v) is 16.7. The molecule has 8 nitrogen and oxygen atoms in total. The molecule has 1 aromatic heterocycles. The standard InChI is InChI=1S/C22H24N2O6/c1-28-16-5-2-4-15(14-16)19-18(20(25)17-6-3-11-30-17)21(26)22(27)24(19)8-7-23-9-12-29-13-10-23/h2-6,11,14,19,26H,7-10,12-13H2,1H3/t19-/m0/s1. The molecule has 2 aliphatic heterocycles. The van der Waals surface area contributed by atoms with E-state index in [1.807, 2.05) is 6.07 Å². The Kier molecular flexibility index (Phi) is 5.87. The molecule has 158 valence electrons. The number of furan rings is 1. The van der Waals surface area contributed by atoms with E-state index in [2.05, 4.69) is 4.90 Å². The van der Waals surface area contributed by atoms with E-state index >= 15 is 0 Å². The van der Waals surface area contributed by atoms with E-state index in [0.29, 0.717) is 37.6 Å². The van der Waals surface area contributed by atoms with Gasteiger partial charge in [0, 0.05) is 26.2 Å². The van der Waals surface area contributed by atoms with E-state index in [1.54, 1.807) is 31.4 Å². The van der Waals surface area contributed by atoms with Crippen molar-refractivity contribution in [1.82, 2.24) is 9.80 Å². The van der Waals surface area contributed by atoms with Gasteiger partial charge in [-0.1, -0.05) is 12.1 Å². The minimum absolute atomic E-state index is 0.0187. The van der Waals surface area contributed by atoms with Crippen LogP contribution in [0.15, 0.2) is 58.4 Å². The van der Waals surface area contributed by atoms with Gasteiger partial charge in [0.2, 0.25) is 5.78 Å². The van der Waals surface area contributed by atoms with Crippen LogP contribution in [0.1, 0.15) is 22.2 Å². The fourth-order valence-electron chi connectivity index (χ4n) is 3.89. The first kappa shape index (κ1) is 20.2. The first-order valence-electron chi connectivity index (χ1n) is 9.86. The lowest BCUT2D eigenvalue weighted by atomic mass is 9.95. The molecule has 2 aromatic rings. The van der Waals surface area contributed by atoms with Crippen LogP contribution in [-0.4, -0.2) is 73.1 Å². The lowest BCUT2D eigenvalue weighted by molar-refractivity contribution is -0.129. The Morgan fingerprint density at radius 3 is 2.70 bits per heavy atom. The number of carbonyl (C=O) groups excluding carboxylic acids is 2. The van der Waals surface area contributed by atoms with Gasteiger partial charge >= 0.3 is 0 Å². The molecule has 0 aliphatic carbocycles. The Bertz CT molecular complexity index is 946. The minimum Gasteiger partial charge on any atom is -0.503 e. The first-order valence-corrected chi connectivity index (χ1v) is 9.86. The second-order valence-electron chi connectivity index (χ2n) is 7.20. The Labute approximate surface area is 174 Å². The molecule has 1 aromatic carbocycles. The van der Waals surface area contributed by atoms with E-state index in [-0.39, 0.29) is 11.3 Å². The average molecular weight is 412 g/mol. The largest absolute Gasteiger partial charge is 0.503 e. The highest BCUT2D eigenvalue weighted by Gasteiger charge is 2.44. The van der Waals surface area contributed by atoms with Crippen molar-refractivity contribution < 1.29 is 28.6 Å². The summed E-state index contributed by atoms with van der Waals surface area (Å²) in [5.41, 5.74) is 0.703. The van der Waals surface area contributed by atoms with Crippen LogP contribution in [0.3, 0.4) is 0 Å². The summed E-state index contributed by atoms with van der Waals surface area (Å²) in [4.78, 5) is 29.8. The topological polar surface area (TPSA) is 92.5 Å². The Morgan fingerprint density at radius 1 is 1.20 bits per heavy atom. The van der Waals surface area contributed by atoms with Crippen molar-refractivity contribution >= 4 is 11.7 Å². The second kappa shape index (κ2) is 8.73. The highest BCUT2D eigenvalue weighted by atomic mass is 16.5. The zero-order valence-electron chi connectivity index (χ0n) is 16.7. The minimum atomic E-state index is -0.730. The monoisotopic (exact) mass is 412 g/mol. The van der Waals surface area contributed by atoms with Gasteiger partial charge in [-0.2, -0.15) is 0 Å². The van der Waals surface area contributed by atoms with Crippen molar-refractivity contribution in [2.75, 3.05) is 46.5 Å². The van der Waals surface area contributed by atoms with Crippen molar-refractivity contribution in [2.45, 2.75) is 6.04 Å². The average Bonchev–Trinajstić information content (AvgIpc) is 3.40. The Morgan fingerprint density at radius 2 is 2.00 bits per heavy atom. The molecule has 2 aliphatic rings. The molecule has 0 spiro atoms. The van der Waals surface area contributed by atoms with E-state index in [0.717, 1.165) is 13.1 Å². The van der Waals surface area contributed by atoms with Gasteiger partial charge in [0.15, 0.2) is 11.5 Å². The normalized spacial score (nSPS) is 20.1. The van der Waals surface area contributed by atoms with Gasteiger partial charge in [0.05, 0.1) is 38.2 Å². The molecule has 0 saturated carbocycles. The summed E-state index contributed by atoms with van der Waals surface area (Å²) in [6.07, 6.45) is 1.39. The van der Waals surface area contributed by atoms with Gasteiger partial charge in [-0.25, -0.2) is 0 Å². The summed E-state index contributed by atoms with van der Waals surface area (Å²) in [7, 11) is 1.55. The Balaban J connectivity index is 1.68.